The van der Waals surface area contributed by atoms with Gasteiger partial charge in [-0.3, -0.25) is 0 Å². The normalized spacial score (nSPS) is 11.4. The van der Waals surface area contributed by atoms with Gasteiger partial charge in [0, 0.05) is 13.6 Å². The number of nitrogens with zero attached hydrogens (tertiary/aromatic N) is 2. The Hall–Kier alpha value is -2.16. The number of hydrogen-bond acceptors (Lipinski definition) is 3. The zero-order valence-electron chi connectivity index (χ0n) is 12.7. The third kappa shape index (κ3) is 3.53. The van der Waals surface area contributed by atoms with Gasteiger partial charge in [0.1, 0.15) is 0 Å². The second-order valence-corrected chi connectivity index (χ2v) is 7.11. The molecule has 0 fully saturated rings. The Kier molecular flexibility index (Phi) is 4.96. The summed E-state index contributed by atoms with van der Waals surface area (Å²) in [7, 11) is -2.00. The van der Waals surface area contributed by atoms with Gasteiger partial charge in [-0.2, -0.15) is 9.57 Å². The fourth-order valence-electron chi connectivity index (χ4n) is 2.10. The van der Waals surface area contributed by atoms with E-state index in [2.05, 4.69) is 6.92 Å². The third-order valence-electron chi connectivity index (χ3n) is 3.53. The average Bonchev–Trinajstić information content (AvgIpc) is 2.55. The molecule has 114 valence electrons. The van der Waals surface area contributed by atoms with Gasteiger partial charge in [0.2, 0.25) is 10.0 Å². The van der Waals surface area contributed by atoms with Crippen LogP contribution in [-0.4, -0.2) is 19.8 Å². The van der Waals surface area contributed by atoms with Crippen LogP contribution in [0.25, 0.3) is 0 Å². The molecule has 2 aromatic rings. The Morgan fingerprint density at radius 1 is 1.00 bits per heavy atom. The SMILES string of the molecule is CCc1ccc(CN(C)S(=O)(=O)c2ccc(C#N)cc2)cc1. The molecule has 0 saturated heterocycles. The lowest BCUT2D eigenvalue weighted by Gasteiger charge is -2.17. The third-order valence-corrected chi connectivity index (χ3v) is 5.35. The van der Waals surface area contributed by atoms with Crippen molar-refractivity contribution in [2.24, 2.45) is 0 Å². The molecular weight excluding hydrogens is 296 g/mol. The van der Waals surface area contributed by atoms with Crippen molar-refractivity contribution in [2.45, 2.75) is 24.8 Å². The number of hydrogen-bond donors (Lipinski definition) is 0. The van der Waals surface area contributed by atoms with E-state index in [1.54, 1.807) is 7.05 Å². The van der Waals surface area contributed by atoms with E-state index >= 15 is 0 Å². The van der Waals surface area contributed by atoms with Crippen LogP contribution in [0.2, 0.25) is 0 Å². The minimum absolute atomic E-state index is 0.194. The molecule has 0 atom stereocenters. The Balaban J connectivity index is 2.18. The smallest absolute Gasteiger partial charge is 0.207 e. The Labute approximate surface area is 131 Å². The van der Waals surface area contributed by atoms with Gasteiger partial charge >= 0.3 is 0 Å². The van der Waals surface area contributed by atoms with Crippen molar-refractivity contribution in [1.82, 2.24) is 4.31 Å². The number of benzene rings is 2. The van der Waals surface area contributed by atoms with Gasteiger partial charge in [0.15, 0.2) is 0 Å². The molecule has 0 radical (unpaired) electrons. The van der Waals surface area contributed by atoms with Crippen LogP contribution < -0.4 is 0 Å². The Morgan fingerprint density at radius 2 is 1.55 bits per heavy atom. The fraction of sp³-hybridized carbons (Fsp3) is 0.235. The fourth-order valence-corrected chi connectivity index (χ4v) is 3.26. The van der Waals surface area contributed by atoms with Gasteiger partial charge in [-0.1, -0.05) is 31.2 Å². The molecule has 0 N–H and O–H groups in total. The first-order valence-electron chi connectivity index (χ1n) is 7.01. The molecule has 0 unspecified atom stereocenters. The molecule has 4 nitrogen and oxygen atoms in total. The van der Waals surface area contributed by atoms with E-state index in [9.17, 15) is 8.42 Å². The monoisotopic (exact) mass is 314 g/mol. The van der Waals surface area contributed by atoms with Crippen LogP contribution in [0.15, 0.2) is 53.4 Å². The maximum Gasteiger partial charge on any atom is 0.243 e. The first kappa shape index (κ1) is 16.2. The molecular formula is C17H18N2O2S. The molecule has 0 aliphatic heterocycles. The van der Waals surface area contributed by atoms with Gasteiger partial charge in [0.25, 0.3) is 0 Å². The highest BCUT2D eigenvalue weighted by Crippen LogP contribution is 2.17. The maximum absolute atomic E-state index is 12.5. The molecule has 0 aliphatic carbocycles. The van der Waals surface area contributed by atoms with Gasteiger partial charge < -0.3 is 0 Å². The lowest BCUT2D eigenvalue weighted by Crippen LogP contribution is -2.26. The lowest BCUT2D eigenvalue weighted by molar-refractivity contribution is 0.466. The van der Waals surface area contributed by atoms with Crippen LogP contribution in [0.4, 0.5) is 0 Å². The van der Waals surface area contributed by atoms with E-state index in [4.69, 9.17) is 5.26 Å². The summed E-state index contributed by atoms with van der Waals surface area (Å²) >= 11 is 0. The maximum atomic E-state index is 12.5. The zero-order chi connectivity index (χ0) is 16.2. The van der Waals surface area contributed by atoms with E-state index in [1.807, 2.05) is 30.3 Å². The van der Waals surface area contributed by atoms with Crippen LogP contribution in [0.3, 0.4) is 0 Å². The number of rotatable bonds is 5. The summed E-state index contributed by atoms with van der Waals surface area (Å²) in [6.07, 6.45) is 0.958. The Morgan fingerprint density at radius 3 is 2.05 bits per heavy atom. The predicted octanol–water partition coefficient (Wildman–Crippen LogP) is 2.94. The van der Waals surface area contributed by atoms with E-state index in [1.165, 1.54) is 34.1 Å². The molecule has 0 amide bonds. The summed E-state index contributed by atoms with van der Waals surface area (Å²) in [5.41, 5.74) is 2.61. The van der Waals surface area contributed by atoms with Gasteiger partial charge in [0.05, 0.1) is 16.5 Å². The largest absolute Gasteiger partial charge is 0.243 e. The van der Waals surface area contributed by atoms with Crippen molar-refractivity contribution in [3.63, 3.8) is 0 Å². The van der Waals surface area contributed by atoms with Crippen LogP contribution in [0.5, 0.6) is 0 Å². The highest BCUT2D eigenvalue weighted by Gasteiger charge is 2.20. The van der Waals surface area contributed by atoms with Gasteiger partial charge in [-0.15, -0.1) is 0 Å². The van der Waals surface area contributed by atoms with E-state index in [-0.39, 0.29) is 4.90 Å². The molecule has 22 heavy (non-hydrogen) atoms. The predicted molar refractivity (Wildman–Crippen MR) is 85.6 cm³/mol. The minimum Gasteiger partial charge on any atom is -0.207 e. The van der Waals surface area contributed by atoms with Crippen LogP contribution in [-0.2, 0) is 23.0 Å². The van der Waals surface area contributed by atoms with Crippen LogP contribution in [0, 0.1) is 11.3 Å². The van der Waals surface area contributed by atoms with Crippen LogP contribution >= 0.6 is 0 Å². The molecule has 0 heterocycles. The van der Waals surface area contributed by atoms with E-state index in [0.717, 1.165) is 12.0 Å². The van der Waals surface area contributed by atoms with Crippen molar-refractivity contribution in [3.8, 4) is 6.07 Å². The molecule has 0 aromatic heterocycles. The standard InChI is InChI=1S/C17H18N2O2S/c1-3-14-4-6-16(7-5-14)13-19(2)22(20,21)17-10-8-15(12-18)9-11-17/h4-11H,3,13H2,1-2H3. The lowest BCUT2D eigenvalue weighted by atomic mass is 10.1. The summed E-state index contributed by atoms with van der Waals surface area (Å²) in [5.74, 6) is 0. The summed E-state index contributed by atoms with van der Waals surface area (Å²) < 4.78 is 26.3. The van der Waals surface area contributed by atoms with Crippen molar-refractivity contribution >= 4 is 10.0 Å². The molecule has 0 aliphatic rings. The average molecular weight is 314 g/mol. The molecule has 2 rings (SSSR count). The van der Waals surface area contributed by atoms with Gasteiger partial charge in [-0.05, 0) is 41.8 Å². The zero-order valence-corrected chi connectivity index (χ0v) is 13.5. The highest BCUT2D eigenvalue weighted by molar-refractivity contribution is 7.89. The summed E-state index contributed by atoms with van der Waals surface area (Å²) in [6.45, 7) is 2.39. The van der Waals surface area contributed by atoms with E-state index in [0.29, 0.717) is 12.1 Å². The van der Waals surface area contributed by atoms with Gasteiger partial charge in [-0.25, -0.2) is 8.42 Å². The Bertz CT molecular complexity index is 773. The van der Waals surface area contributed by atoms with E-state index < -0.39 is 10.0 Å². The molecule has 2 aromatic carbocycles. The molecule has 5 heteroatoms. The molecule has 0 spiro atoms. The second-order valence-electron chi connectivity index (χ2n) is 5.07. The minimum atomic E-state index is -3.55. The van der Waals surface area contributed by atoms with Crippen LogP contribution in [0.1, 0.15) is 23.6 Å². The summed E-state index contributed by atoms with van der Waals surface area (Å²) in [6, 6.07) is 15.8. The number of nitriles is 1. The molecule has 0 bridgehead atoms. The second kappa shape index (κ2) is 6.73. The van der Waals surface area contributed by atoms with Crippen molar-refractivity contribution < 1.29 is 8.42 Å². The van der Waals surface area contributed by atoms with Crippen molar-refractivity contribution in [1.29, 1.82) is 5.26 Å². The topological polar surface area (TPSA) is 61.2 Å². The number of aryl methyl sites for hydroxylation is 1. The quantitative estimate of drug-likeness (QED) is 0.852. The van der Waals surface area contributed by atoms with Crippen molar-refractivity contribution in [2.75, 3.05) is 7.05 Å². The summed E-state index contributed by atoms with van der Waals surface area (Å²) in [4.78, 5) is 0.194. The number of sulfonamides is 1. The molecule has 0 saturated carbocycles. The first-order valence-corrected chi connectivity index (χ1v) is 8.45. The first-order chi connectivity index (χ1) is 10.5. The summed E-state index contributed by atoms with van der Waals surface area (Å²) in [5, 5.41) is 8.77. The highest BCUT2D eigenvalue weighted by atomic mass is 32.2. The van der Waals surface area contributed by atoms with Crippen molar-refractivity contribution in [3.05, 3.63) is 65.2 Å².